The number of ether oxygens (including phenoxy) is 1. The zero-order valence-corrected chi connectivity index (χ0v) is 20.8. The van der Waals surface area contributed by atoms with E-state index in [1.165, 1.54) is 12.8 Å². The predicted molar refractivity (Wildman–Crippen MR) is 140 cm³/mol. The first-order valence-corrected chi connectivity index (χ1v) is 13.2. The van der Waals surface area contributed by atoms with Crippen molar-refractivity contribution in [2.45, 2.75) is 25.4 Å². The molecule has 3 aliphatic heterocycles. The quantitative estimate of drug-likeness (QED) is 0.568. The van der Waals surface area contributed by atoms with E-state index >= 15 is 0 Å². The van der Waals surface area contributed by atoms with Crippen LogP contribution in [-0.4, -0.2) is 103 Å². The monoisotopic (exact) mass is 489 g/mol. The number of nitrogens with zero attached hydrogens (tertiary/aromatic N) is 6. The molecule has 36 heavy (non-hydrogen) atoms. The van der Waals surface area contributed by atoms with Crippen LogP contribution in [0.25, 0.3) is 10.9 Å². The van der Waals surface area contributed by atoms with Gasteiger partial charge in [0, 0.05) is 82.6 Å². The van der Waals surface area contributed by atoms with Gasteiger partial charge in [-0.05, 0) is 36.6 Å². The van der Waals surface area contributed by atoms with E-state index in [0.717, 1.165) is 80.5 Å². The Morgan fingerprint density at radius 1 is 0.917 bits per heavy atom. The third-order valence-electron chi connectivity index (χ3n) is 7.79. The van der Waals surface area contributed by atoms with Gasteiger partial charge in [-0.2, -0.15) is 0 Å². The summed E-state index contributed by atoms with van der Waals surface area (Å²) < 4.78 is 5.79. The Hall–Kier alpha value is -3.17. The molecule has 2 aromatic heterocycles. The summed E-state index contributed by atoms with van der Waals surface area (Å²) in [6.45, 7) is 8.95. The lowest BCUT2D eigenvalue weighted by Crippen LogP contribution is -2.49. The van der Waals surface area contributed by atoms with Gasteiger partial charge in [-0.1, -0.05) is 18.2 Å². The van der Waals surface area contributed by atoms with Crippen LogP contribution in [0.15, 0.2) is 42.6 Å². The van der Waals surface area contributed by atoms with Crippen molar-refractivity contribution in [2.75, 3.05) is 75.3 Å². The molecular formula is C27H35N7O2. The van der Waals surface area contributed by atoms with Crippen molar-refractivity contribution in [3.63, 3.8) is 0 Å². The zero-order chi connectivity index (χ0) is 24.3. The number of piperazine rings is 2. The Labute approximate surface area is 212 Å². The summed E-state index contributed by atoms with van der Waals surface area (Å²) >= 11 is 0. The van der Waals surface area contributed by atoms with Crippen molar-refractivity contribution in [3.8, 4) is 0 Å². The van der Waals surface area contributed by atoms with Gasteiger partial charge in [0.1, 0.15) is 0 Å². The molecule has 0 radical (unpaired) electrons. The van der Waals surface area contributed by atoms with E-state index in [1.54, 1.807) is 0 Å². The van der Waals surface area contributed by atoms with Crippen LogP contribution in [0.5, 0.6) is 0 Å². The Bertz CT molecular complexity index is 1160. The average Bonchev–Trinajstić information content (AvgIpc) is 3.60. The molecule has 3 fully saturated rings. The van der Waals surface area contributed by atoms with E-state index in [0.29, 0.717) is 25.6 Å². The standard InChI is InChI=1S/C27H35N7O2/c35-27(18-21-19-28-24-6-2-1-5-23(21)24)34-15-13-33(14-16-34)26-8-7-25(29-30-26)32-11-9-31(10-12-32)20-22-4-3-17-36-22/h1-2,5-8,19,22,28H,3-4,9-18,20H2. The lowest BCUT2D eigenvalue weighted by atomic mass is 10.1. The fraction of sp³-hybridized carbons (Fsp3) is 0.519. The van der Waals surface area contributed by atoms with Crippen LogP contribution in [0.4, 0.5) is 11.6 Å². The third kappa shape index (κ3) is 5.03. The molecule has 1 N–H and O–H groups in total. The maximum Gasteiger partial charge on any atom is 0.227 e. The molecule has 1 atom stereocenters. The van der Waals surface area contributed by atoms with Crippen LogP contribution in [0.1, 0.15) is 18.4 Å². The zero-order valence-electron chi connectivity index (χ0n) is 20.8. The second-order valence-corrected chi connectivity index (χ2v) is 10.1. The third-order valence-corrected chi connectivity index (χ3v) is 7.79. The van der Waals surface area contributed by atoms with Crippen molar-refractivity contribution in [1.82, 2.24) is 25.0 Å². The molecule has 3 saturated heterocycles. The van der Waals surface area contributed by atoms with Crippen molar-refractivity contribution >= 4 is 28.4 Å². The Balaban J connectivity index is 0.981. The van der Waals surface area contributed by atoms with Gasteiger partial charge >= 0.3 is 0 Å². The highest BCUT2D eigenvalue weighted by atomic mass is 16.5. The van der Waals surface area contributed by atoms with E-state index in [9.17, 15) is 4.79 Å². The number of fused-ring (bicyclic) bond motifs is 1. The largest absolute Gasteiger partial charge is 0.377 e. The number of aromatic nitrogens is 3. The molecule has 3 aliphatic rings. The highest BCUT2D eigenvalue weighted by Crippen LogP contribution is 2.21. The van der Waals surface area contributed by atoms with Crippen LogP contribution < -0.4 is 9.80 Å². The molecule has 0 aliphatic carbocycles. The smallest absolute Gasteiger partial charge is 0.227 e. The molecule has 5 heterocycles. The molecule has 9 heteroatoms. The molecule has 3 aromatic rings. The topological polar surface area (TPSA) is 80.8 Å². The lowest BCUT2D eigenvalue weighted by Gasteiger charge is -2.37. The second-order valence-electron chi connectivity index (χ2n) is 10.1. The average molecular weight is 490 g/mol. The maximum absolute atomic E-state index is 12.9. The van der Waals surface area contributed by atoms with Gasteiger partial charge in [0.2, 0.25) is 5.91 Å². The van der Waals surface area contributed by atoms with Gasteiger partial charge in [-0.25, -0.2) is 0 Å². The maximum atomic E-state index is 12.9. The van der Waals surface area contributed by atoms with E-state index in [-0.39, 0.29) is 5.91 Å². The molecule has 1 unspecified atom stereocenters. The number of amides is 1. The number of hydrogen-bond acceptors (Lipinski definition) is 7. The number of para-hydroxylation sites is 1. The summed E-state index contributed by atoms with van der Waals surface area (Å²) in [6.07, 6.45) is 5.20. The Kier molecular flexibility index (Phi) is 6.74. The van der Waals surface area contributed by atoms with Gasteiger partial charge in [-0.15, -0.1) is 10.2 Å². The van der Waals surface area contributed by atoms with E-state index in [4.69, 9.17) is 4.74 Å². The van der Waals surface area contributed by atoms with Gasteiger partial charge in [0.05, 0.1) is 12.5 Å². The van der Waals surface area contributed by atoms with Crippen molar-refractivity contribution in [2.24, 2.45) is 0 Å². The number of carbonyl (C=O) groups is 1. The van der Waals surface area contributed by atoms with Crippen LogP contribution in [0.3, 0.4) is 0 Å². The normalized spacial score (nSPS) is 21.4. The first kappa shape index (κ1) is 23.2. The number of hydrogen-bond donors (Lipinski definition) is 1. The molecule has 9 nitrogen and oxygen atoms in total. The molecule has 1 amide bonds. The molecule has 6 rings (SSSR count). The minimum atomic E-state index is 0.180. The minimum Gasteiger partial charge on any atom is -0.377 e. The number of H-pyrrole nitrogens is 1. The molecule has 0 saturated carbocycles. The highest BCUT2D eigenvalue weighted by molar-refractivity contribution is 5.89. The number of aromatic amines is 1. The minimum absolute atomic E-state index is 0.180. The number of rotatable bonds is 6. The molecule has 0 bridgehead atoms. The molecule has 0 spiro atoms. The summed E-state index contributed by atoms with van der Waals surface area (Å²) in [5.74, 6) is 2.02. The summed E-state index contributed by atoms with van der Waals surface area (Å²) in [5, 5.41) is 10.2. The van der Waals surface area contributed by atoms with E-state index < -0.39 is 0 Å². The summed E-state index contributed by atoms with van der Waals surface area (Å²) in [6, 6.07) is 12.3. The predicted octanol–water partition coefficient (Wildman–Crippen LogP) is 2.15. The van der Waals surface area contributed by atoms with Gasteiger partial charge in [0.15, 0.2) is 11.6 Å². The number of nitrogens with one attached hydrogen (secondary N) is 1. The highest BCUT2D eigenvalue weighted by Gasteiger charge is 2.25. The fourth-order valence-electron chi connectivity index (χ4n) is 5.63. The first-order chi connectivity index (χ1) is 17.7. The van der Waals surface area contributed by atoms with E-state index in [2.05, 4.69) is 48.1 Å². The van der Waals surface area contributed by atoms with E-state index in [1.807, 2.05) is 29.3 Å². The number of anilines is 2. The second kappa shape index (κ2) is 10.4. The van der Waals surface area contributed by atoms with Crippen molar-refractivity contribution < 1.29 is 9.53 Å². The molecular weight excluding hydrogens is 454 g/mol. The van der Waals surface area contributed by atoms with Crippen molar-refractivity contribution in [1.29, 1.82) is 0 Å². The first-order valence-electron chi connectivity index (χ1n) is 13.2. The van der Waals surface area contributed by atoms with Gasteiger partial charge < -0.3 is 24.4 Å². The summed E-state index contributed by atoms with van der Waals surface area (Å²) in [5.41, 5.74) is 2.14. The van der Waals surface area contributed by atoms with Crippen LogP contribution in [0, 0.1) is 0 Å². The van der Waals surface area contributed by atoms with Gasteiger partial charge in [0.25, 0.3) is 0 Å². The summed E-state index contributed by atoms with van der Waals surface area (Å²) in [4.78, 5) is 25.2. The fourth-order valence-corrected chi connectivity index (χ4v) is 5.63. The van der Waals surface area contributed by atoms with Crippen LogP contribution in [0.2, 0.25) is 0 Å². The van der Waals surface area contributed by atoms with Crippen LogP contribution >= 0.6 is 0 Å². The Morgan fingerprint density at radius 3 is 2.28 bits per heavy atom. The Morgan fingerprint density at radius 2 is 1.61 bits per heavy atom. The van der Waals surface area contributed by atoms with Gasteiger partial charge in [-0.3, -0.25) is 9.69 Å². The molecule has 1 aromatic carbocycles. The van der Waals surface area contributed by atoms with Crippen LogP contribution in [-0.2, 0) is 16.0 Å². The molecule has 190 valence electrons. The van der Waals surface area contributed by atoms with Crippen molar-refractivity contribution in [3.05, 3.63) is 48.2 Å². The summed E-state index contributed by atoms with van der Waals surface area (Å²) in [7, 11) is 0. The number of benzene rings is 1. The SMILES string of the molecule is O=C(Cc1c[nH]c2ccccc12)N1CCN(c2ccc(N3CCN(CC4CCCO4)CC3)nn2)CC1. The lowest BCUT2D eigenvalue weighted by molar-refractivity contribution is -0.130. The number of carbonyl (C=O) groups excluding carboxylic acids is 1.